The molecule has 112 valence electrons. The van der Waals surface area contributed by atoms with Crippen molar-refractivity contribution in [1.29, 1.82) is 0 Å². The van der Waals surface area contributed by atoms with E-state index in [1.54, 1.807) is 25.4 Å². The van der Waals surface area contributed by atoms with Crippen molar-refractivity contribution < 1.29 is 4.39 Å². The molecule has 0 radical (unpaired) electrons. The van der Waals surface area contributed by atoms with Crippen LogP contribution in [0.1, 0.15) is 11.1 Å². The van der Waals surface area contributed by atoms with E-state index in [0.717, 1.165) is 10.9 Å². The number of fused-ring (bicyclic) bond motifs is 1. The largest absolute Gasteiger partial charge is 0.295 e. The molecule has 0 saturated carbocycles. The van der Waals surface area contributed by atoms with Crippen LogP contribution >= 0.6 is 11.8 Å². The minimum atomic E-state index is -0.284. The first-order valence-corrected chi connectivity index (χ1v) is 7.95. The Kier molecular flexibility index (Phi) is 3.94. The zero-order chi connectivity index (χ0) is 15.7. The lowest BCUT2D eigenvalue weighted by Gasteiger charge is -2.08. The van der Waals surface area contributed by atoms with Crippen LogP contribution in [0.25, 0.3) is 11.0 Å². The van der Waals surface area contributed by atoms with E-state index < -0.39 is 0 Å². The van der Waals surface area contributed by atoms with Crippen LogP contribution in [-0.4, -0.2) is 20.8 Å². The maximum atomic E-state index is 13.0. The van der Waals surface area contributed by atoms with Crippen LogP contribution in [0.5, 0.6) is 0 Å². The molecule has 6 heteroatoms. The fourth-order valence-electron chi connectivity index (χ4n) is 2.35. The molecule has 0 bridgehead atoms. The summed E-state index contributed by atoms with van der Waals surface area (Å²) in [5.74, 6) is -0.284. The van der Waals surface area contributed by atoms with Gasteiger partial charge in [-0.1, -0.05) is 23.9 Å². The minimum absolute atomic E-state index is 0.0948. The van der Waals surface area contributed by atoms with Crippen LogP contribution in [-0.2, 0) is 13.5 Å². The molecule has 2 aromatic heterocycles. The highest BCUT2D eigenvalue weighted by Gasteiger charge is 2.10. The maximum absolute atomic E-state index is 13.0. The van der Waals surface area contributed by atoms with E-state index in [4.69, 9.17) is 0 Å². The van der Waals surface area contributed by atoms with Gasteiger partial charge >= 0.3 is 0 Å². The van der Waals surface area contributed by atoms with Crippen LogP contribution in [0, 0.1) is 5.82 Å². The zero-order valence-electron chi connectivity index (χ0n) is 12.2. The third-order valence-corrected chi connectivity index (χ3v) is 4.05. The summed E-state index contributed by atoms with van der Waals surface area (Å²) in [6.07, 6.45) is 4.07. The second kappa shape index (κ2) is 5.88. The SMILES string of the molecule is CSc1ncc2cc(Cc3ccc(F)cc3)c(=O)n(C)c2n1. The lowest BCUT2D eigenvalue weighted by Crippen LogP contribution is -2.22. The lowest BCUT2D eigenvalue weighted by molar-refractivity contribution is 0.627. The Labute approximate surface area is 131 Å². The minimum Gasteiger partial charge on any atom is -0.295 e. The van der Waals surface area contributed by atoms with Crippen molar-refractivity contribution in [3.63, 3.8) is 0 Å². The summed E-state index contributed by atoms with van der Waals surface area (Å²) in [6.45, 7) is 0. The highest BCUT2D eigenvalue weighted by atomic mass is 32.2. The highest BCUT2D eigenvalue weighted by Crippen LogP contribution is 2.16. The normalized spacial score (nSPS) is 11.0. The van der Waals surface area contributed by atoms with Crippen molar-refractivity contribution in [2.75, 3.05) is 6.26 Å². The van der Waals surface area contributed by atoms with Gasteiger partial charge < -0.3 is 0 Å². The van der Waals surface area contributed by atoms with Gasteiger partial charge in [0, 0.05) is 30.6 Å². The third kappa shape index (κ3) is 2.74. The fourth-order valence-corrected chi connectivity index (χ4v) is 2.68. The Morgan fingerprint density at radius 2 is 2.00 bits per heavy atom. The van der Waals surface area contributed by atoms with Crippen molar-refractivity contribution in [3.8, 4) is 0 Å². The van der Waals surface area contributed by atoms with Gasteiger partial charge in [0.05, 0.1) is 0 Å². The number of aromatic nitrogens is 3. The highest BCUT2D eigenvalue weighted by molar-refractivity contribution is 7.98. The van der Waals surface area contributed by atoms with Gasteiger partial charge in [0.15, 0.2) is 5.16 Å². The predicted octanol–water partition coefficient (Wildman–Crippen LogP) is 2.78. The van der Waals surface area contributed by atoms with Gasteiger partial charge in [0.1, 0.15) is 11.5 Å². The molecule has 1 aromatic carbocycles. The number of nitrogens with zero attached hydrogens (tertiary/aromatic N) is 3. The number of hydrogen-bond donors (Lipinski definition) is 0. The standard InChI is InChI=1S/C16H14FN3OS/c1-20-14-12(9-18-16(19-14)22-2)8-11(15(20)21)7-10-3-5-13(17)6-4-10/h3-6,8-9H,7H2,1-2H3. The number of thioether (sulfide) groups is 1. The molecular formula is C16H14FN3OS. The number of halogens is 1. The van der Waals surface area contributed by atoms with Gasteiger partial charge in [-0.25, -0.2) is 14.4 Å². The molecule has 4 nitrogen and oxygen atoms in total. The summed E-state index contributed by atoms with van der Waals surface area (Å²) in [4.78, 5) is 21.1. The summed E-state index contributed by atoms with van der Waals surface area (Å²) in [7, 11) is 1.70. The number of pyridine rings is 1. The Morgan fingerprint density at radius 3 is 2.68 bits per heavy atom. The maximum Gasteiger partial charge on any atom is 0.255 e. The molecule has 0 aliphatic carbocycles. The first-order valence-electron chi connectivity index (χ1n) is 6.72. The van der Waals surface area contributed by atoms with Gasteiger partial charge in [-0.2, -0.15) is 0 Å². The van der Waals surface area contributed by atoms with Gasteiger partial charge in [-0.05, 0) is 30.0 Å². The molecular weight excluding hydrogens is 301 g/mol. The molecule has 2 heterocycles. The lowest BCUT2D eigenvalue weighted by atomic mass is 10.1. The smallest absolute Gasteiger partial charge is 0.255 e. The van der Waals surface area contributed by atoms with Crippen molar-refractivity contribution in [3.05, 3.63) is 63.8 Å². The van der Waals surface area contributed by atoms with Crippen LogP contribution in [0.2, 0.25) is 0 Å². The molecule has 3 rings (SSSR count). The van der Waals surface area contributed by atoms with Gasteiger partial charge in [-0.3, -0.25) is 9.36 Å². The summed E-state index contributed by atoms with van der Waals surface area (Å²) in [6, 6.07) is 7.98. The van der Waals surface area contributed by atoms with Gasteiger partial charge in [0.25, 0.3) is 5.56 Å². The van der Waals surface area contributed by atoms with Crippen molar-refractivity contribution >= 4 is 22.8 Å². The molecule has 22 heavy (non-hydrogen) atoms. The Hall–Kier alpha value is -2.21. The summed E-state index contributed by atoms with van der Waals surface area (Å²) < 4.78 is 14.5. The summed E-state index contributed by atoms with van der Waals surface area (Å²) in [5, 5.41) is 1.45. The first-order chi connectivity index (χ1) is 10.6. The molecule has 0 aliphatic heterocycles. The number of rotatable bonds is 3. The zero-order valence-corrected chi connectivity index (χ0v) is 13.0. The van der Waals surface area contributed by atoms with E-state index in [1.165, 1.54) is 28.5 Å². The summed E-state index contributed by atoms with van der Waals surface area (Å²) >= 11 is 1.43. The summed E-state index contributed by atoms with van der Waals surface area (Å²) in [5.41, 5.74) is 2.05. The molecule has 0 spiro atoms. The van der Waals surface area contributed by atoms with E-state index in [-0.39, 0.29) is 11.4 Å². The van der Waals surface area contributed by atoms with Crippen molar-refractivity contribution in [1.82, 2.24) is 14.5 Å². The monoisotopic (exact) mass is 315 g/mol. The van der Waals surface area contributed by atoms with Crippen LogP contribution in [0.4, 0.5) is 4.39 Å². The van der Waals surface area contributed by atoms with Gasteiger partial charge in [0.2, 0.25) is 0 Å². The quantitative estimate of drug-likeness (QED) is 0.551. The molecule has 0 amide bonds. The number of benzene rings is 1. The average molecular weight is 315 g/mol. The van der Waals surface area contributed by atoms with E-state index in [0.29, 0.717) is 22.8 Å². The molecule has 0 aliphatic rings. The van der Waals surface area contributed by atoms with Crippen molar-refractivity contribution in [2.45, 2.75) is 11.6 Å². The van der Waals surface area contributed by atoms with Gasteiger partial charge in [-0.15, -0.1) is 0 Å². The molecule has 0 N–H and O–H groups in total. The van der Waals surface area contributed by atoms with Crippen LogP contribution in [0.15, 0.2) is 46.5 Å². The Balaban J connectivity index is 2.09. The first kappa shape index (κ1) is 14.7. The molecule has 3 aromatic rings. The molecule has 0 saturated heterocycles. The van der Waals surface area contributed by atoms with Crippen LogP contribution in [0.3, 0.4) is 0 Å². The van der Waals surface area contributed by atoms with E-state index in [1.807, 2.05) is 12.3 Å². The Bertz CT molecular complexity index is 890. The fraction of sp³-hybridized carbons (Fsp3) is 0.188. The van der Waals surface area contributed by atoms with Crippen molar-refractivity contribution in [2.24, 2.45) is 7.05 Å². The number of aryl methyl sites for hydroxylation is 1. The molecule has 0 atom stereocenters. The topological polar surface area (TPSA) is 47.8 Å². The second-order valence-electron chi connectivity index (χ2n) is 4.97. The molecule has 0 fully saturated rings. The van der Waals surface area contributed by atoms with E-state index in [9.17, 15) is 9.18 Å². The van der Waals surface area contributed by atoms with E-state index >= 15 is 0 Å². The number of hydrogen-bond acceptors (Lipinski definition) is 4. The Morgan fingerprint density at radius 1 is 1.27 bits per heavy atom. The van der Waals surface area contributed by atoms with Crippen LogP contribution < -0.4 is 5.56 Å². The van der Waals surface area contributed by atoms with E-state index in [2.05, 4.69) is 9.97 Å². The second-order valence-corrected chi connectivity index (χ2v) is 5.75. The predicted molar refractivity (Wildman–Crippen MR) is 85.8 cm³/mol. The average Bonchev–Trinajstić information content (AvgIpc) is 2.54. The third-order valence-electron chi connectivity index (χ3n) is 3.49. The molecule has 0 unspecified atom stereocenters.